The van der Waals surface area contributed by atoms with Crippen molar-refractivity contribution in [3.63, 3.8) is 0 Å². The lowest BCUT2D eigenvalue weighted by Crippen LogP contribution is -2.43. The summed E-state index contributed by atoms with van der Waals surface area (Å²) >= 11 is 0. The van der Waals surface area contributed by atoms with E-state index in [-0.39, 0.29) is 5.91 Å². The SMILES string of the molecule is CC(=O)N1CCC(OCC2CCN(C(=O)C3CCCCC3)CC2)CC1. The van der Waals surface area contributed by atoms with Crippen molar-refractivity contribution in [1.29, 1.82) is 0 Å². The summed E-state index contributed by atoms with van der Waals surface area (Å²) in [5.74, 6) is 1.47. The summed E-state index contributed by atoms with van der Waals surface area (Å²) in [6, 6.07) is 0. The van der Waals surface area contributed by atoms with Gasteiger partial charge < -0.3 is 14.5 Å². The van der Waals surface area contributed by atoms with E-state index in [1.54, 1.807) is 6.92 Å². The zero-order valence-corrected chi connectivity index (χ0v) is 15.8. The molecule has 25 heavy (non-hydrogen) atoms. The van der Waals surface area contributed by atoms with Crippen LogP contribution in [0.3, 0.4) is 0 Å². The van der Waals surface area contributed by atoms with E-state index in [1.807, 2.05) is 4.90 Å². The normalized spacial score (nSPS) is 24.5. The Morgan fingerprint density at radius 1 is 0.840 bits per heavy atom. The van der Waals surface area contributed by atoms with Gasteiger partial charge in [0.15, 0.2) is 0 Å². The Hall–Kier alpha value is -1.10. The fourth-order valence-corrected chi connectivity index (χ4v) is 4.54. The molecule has 0 N–H and O–H groups in total. The number of likely N-dealkylation sites (tertiary alicyclic amines) is 2. The topological polar surface area (TPSA) is 49.9 Å². The number of carbonyl (C=O) groups excluding carboxylic acids is 2. The van der Waals surface area contributed by atoms with Gasteiger partial charge in [-0.05, 0) is 44.4 Å². The molecule has 0 unspecified atom stereocenters. The van der Waals surface area contributed by atoms with Crippen LogP contribution in [0.1, 0.15) is 64.7 Å². The molecule has 0 bridgehead atoms. The summed E-state index contributed by atoms with van der Waals surface area (Å²) in [6.45, 7) is 5.93. The third-order valence-electron chi connectivity index (χ3n) is 6.34. The van der Waals surface area contributed by atoms with Crippen LogP contribution in [0.2, 0.25) is 0 Å². The van der Waals surface area contributed by atoms with Crippen molar-refractivity contribution in [3.05, 3.63) is 0 Å². The number of hydrogen-bond acceptors (Lipinski definition) is 3. The van der Waals surface area contributed by atoms with E-state index < -0.39 is 0 Å². The minimum atomic E-state index is 0.174. The van der Waals surface area contributed by atoms with Gasteiger partial charge in [0, 0.05) is 45.6 Å². The summed E-state index contributed by atoms with van der Waals surface area (Å²) in [6.07, 6.45) is 10.3. The first-order valence-electron chi connectivity index (χ1n) is 10.3. The third kappa shape index (κ3) is 5.19. The molecule has 0 aromatic carbocycles. The maximum absolute atomic E-state index is 12.6. The lowest BCUT2D eigenvalue weighted by molar-refractivity contribution is -0.139. The number of carbonyl (C=O) groups is 2. The highest BCUT2D eigenvalue weighted by Gasteiger charge is 2.29. The molecule has 1 aliphatic carbocycles. The van der Waals surface area contributed by atoms with Gasteiger partial charge >= 0.3 is 0 Å². The molecule has 5 nitrogen and oxygen atoms in total. The Kier molecular flexibility index (Phi) is 6.74. The van der Waals surface area contributed by atoms with Crippen LogP contribution in [-0.4, -0.2) is 60.5 Å². The fraction of sp³-hybridized carbons (Fsp3) is 0.900. The van der Waals surface area contributed by atoms with Gasteiger partial charge in [-0.15, -0.1) is 0 Å². The van der Waals surface area contributed by atoms with E-state index in [2.05, 4.69) is 4.90 Å². The minimum absolute atomic E-state index is 0.174. The molecule has 3 rings (SSSR count). The molecule has 0 aromatic rings. The first kappa shape index (κ1) is 18.7. The second kappa shape index (κ2) is 9.02. The van der Waals surface area contributed by atoms with E-state index in [9.17, 15) is 9.59 Å². The largest absolute Gasteiger partial charge is 0.378 e. The van der Waals surface area contributed by atoms with Crippen LogP contribution < -0.4 is 0 Å². The predicted molar refractivity (Wildman–Crippen MR) is 97.1 cm³/mol. The predicted octanol–water partition coefficient (Wildman–Crippen LogP) is 2.83. The molecule has 1 saturated carbocycles. The molecule has 2 amide bonds. The number of amides is 2. The summed E-state index contributed by atoms with van der Waals surface area (Å²) in [7, 11) is 0. The van der Waals surface area contributed by atoms with Crippen molar-refractivity contribution in [1.82, 2.24) is 9.80 Å². The van der Waals surface area contributed by atoms with Gasteiger partial charge in [0.05, 0.1) is 6.10 Å². The molecular weight excluding hydrogens is 316 g/mol. The fourth-order valence-electron chi connectivity index (χ4n) is 4.54. The van der Waals surface area contributed by atoms with Gasteiger partial charge in [-0.2, -0.15) is 0 Å². The number of ether oxygens (including phenoxy) is 1. The maximum Gasteiger partial charge on any atom is 0.225 e. The van der Waals surface area contributed by atoms with Crippen LogP contribution in [0.25, 0.3) is 0 Å². The number of hydrogen-bond donors (Lipinski definition) is 0. The summed E-state index contributed by atoms with van der Waals surface area (Å²) < 4.78 is 6.12. The van der Waals surface area contributed by atoms with E-state index in [0.717, 1.165) is 71.3 Å². The molecule has 3 aliphatic rings. The highest BCUT2D eigenvalue weighted by molar-refractivity contribution is 5.79. The average molecular weight is 351 g/mol. The summed E-state index contributed by atoms with van der Waals surface area (Å²) in [5, 5.41) is 0. The summed E-state index contributed by atoms with van der Waals surface area (Å²) in [4.78, 5) is 28.0. The van der Waals surface area contributed by atoms with Crippen LogP contribution in [0, 0.1) is 11.8 Å². The molecule has 2 saturated heterocycles. The molecule has 3 fully saturated rings. The van der Waals surface area contributed by atoms with E-state index in [1.165, 1.54) is 19.3 Å². The standard InChI is InChI=1S/C20H34N2O3/c1-16(23)21-13-9-19(10-14-21)25-15-17-7-11-22(12-8-17)20(24)18-5-3-2-4-6-18/h17-19H,2-15H2,1H3. The van der Waals surface area contributed by atoms with Crippen LogP contribution in [0.15, 0.2) is 0 Å². The van der Waals surface area contributed by atoms with Gasteiger partial charge in [-0.25, -0.2) is 0 Å². The molecule has 5 heteroatoms. The van der Waals surface area contributed by atoms with E-state index in [0.29, 0.717) is 23.8 Å². The molecule has 2 aliphatic heterocycles. The van der Waals surface area contributed by atoms with Crippen molar-refractivity contribution in [2.24, 2.45) is 11.8 Å². The lowest BCUT2D eigenvalue weighted by Gasteiger charge is -2.36. The summed E-state index contributed by atoms with van der Waals surface area (Å²) in [5.41, 5.74) is 0. The van der Waals surface area contributed by atoms with Crippen molar-refractivity contribution in [2.75, 3.05) is 32.8 Å². The first-order chi connectivity index (χ1) is 12.1. The van der Waals surface area contributed by atoms with Gasteiger partial charge in [-0.3, -0.25) is 9.59 Å². The monoisotopic (exact) mass is 350 g/mol. The van der Waals surface area contributed by atoms with Gasteiger partial charge in [0.2, 0.25) is 11.8 Å². The van der Waals surface area contributed by atoms with Crippen LogP contribution in [-0.2, 0) is 14.3 Å². The first-order valence-corrected chi connectivity index (χ1v) is 10.3. The zero-order valence-electron chi connectivity index (χ0n) is 15.8. The average Bonchev–Trinajstić information content (AvgIpc) is 2.67. The Morgan fingerprint density at radius 2 is 1.44 bits per heavy atom. The van der Waals surface area contributed by atoms with E-state index >= 15 is 0 Å². The van der Waals surface area contributed by atoms with Gasteiger partial charge in [-0.1, -0.05) is 19.3 Å². The smallest absolute Gasteiger partial charge is 0.225 e. The Morgan fingerprint density at radius 3 is 2.04 bits per heavy atom. The molecule has 0 atom stereocenters. The quantitative estimate of drug-likeness (QED) is 0.783. The lowest BCUT2D eigenvalue weighted by atomic mass is 9.87. The second-order valence-electron chi connectivity index (χ2n) is 8.14. The molecular formula is C20H34N2O3. The third-order valence-corrected chi connectivity index (χ3v) is 6.34. The molecule has 0 aromatic heterocycles. The van der Waals surface area contributed by atoms with E-state index in [4.69, 9.17) is 4.74 Å². The molecule has 0 spiro atoms. The molecule has 0 radical (unpaired) electrons. The molecule has 2 heterocycles. The Balaban J connectivity index is 1.33. The molecule has 142 valence electrons. The van der Waals surface area contributed by atoms with Crippen LogP contribution >= 0.6 is 0 Å². The van der Waals surface area contributed by atoms with Crippen molar-refractivity contribution >= 4 is 11.8 Å². The number of rotatable bonds is 4. The highest BCUT2D eigenvalue weighted by Crippen LogP contribution is 2.28. The van der Waals surface area contributed by atoms with Gasteiger partial charge in [0.25, 0.3) is 0 Å². The number of nitrogens with zero attached hydrogens (tertiary/aromatic N) is 2. The van der Waals surface area contributed by atoms with Crippen molar-refractivity contribution in [2.45, 2.75) is 70.8 Å². The highest BCUT2D eigenvalue weighted by atomic mass is 16.5. The van der Waals surface area contributed by atoms with Crippen LogP contribution in [0.5, 0.6) is 0 Å². The van der Waals surface area contributed by atoms with Crippen molar-refractivity contribution in [3.8, 4) is 0 Å². The Labute approximate surface area is 152 Å². The number of piperidine rings is 2. The van der Waals surface area contributed by atoms with Gasteiger partial charge in [0.1, 0.15) is 0 Å². The Bertz CT molecular complexity index is 446. The van der Waals surface area contributed by atoms with Crippen molar-refractivity contribution < 1.29 is 14.3 Å². The zero-order chi connectivity index (χ0) is 17.6. The maximum atomic E-state index is 12.6. The van der Waals surface area contributed by atoms with Crippen LogP contribution in [0.4, 0.5) is 0 Å². The minimum Gasteiger partial charge on any atom is -0.378 e. The second-order valence-corrected chi connectivity index (χ2v) is 8.14.